The molecule has 0 unspecified atom stereocenters. The third-order valence-corrected chi connectivity index (χ3v) is 5.28. The van der Waals surface area contributed by atoms with Crippen molar-refractivity contribution in [2.45, 2.75) is 38.5 Å². The predicted molar refractivity (Wildman–Crippen MR) is 106 cm³/mol. The van der Waals surface area contributed by atoms with Gasteiger partial charge in [0.25, 0.3) is 5.56 Å². The van der Waals surface area contributed by atoms with Gasteiger partial charge < -0.3 is 14.6 Å². The van der Waals surface area contributed by atoms with Crippen LogP contribution in [0.3, 0.4) is 0 Å². The lowest BCUT2D eigenvalue weighted by atomic mass is 10.1. The van der Waals surface area contributed by atoms with Crippen LogP contribution in [0.2, 0.25) is 0 Å². The normalized spacial score (nSPS) is 15.4. The van der Waals surface area contributed by atoms with Gasteiger partial charge in [-0.05, 0) is 25.8 Å². The molecule has 1 fully saturated rings. The van der Waals surface area contributed by atoms with Crippen LogP contribution in [-0.2, 0) is 17.5 Å². The largest absolute Gasteiger partial charge is 0.419 e. The van der Waals surface area contributed by atoms with Gasteiger partial charge in [-0.2, -0.15) is 13.2 Å². The van der Waals surface area contributed by atoms with Crippen LogP contribution in [0.25, 0.3) is 10.9 Å². The fourth-order valence-corrected chi connectivity index (χ4v) is 3.73. The van der Waals surface area contributed by atoms with Gasteiger partial charge in [0.2, 0.25) is 0 Å². The highest BCUT2D eigenvalue weighted by atomic mass is 19.4. The summed E-state index contributed by atoms with van der Waals surface area (Å²) in [6, 6.07) is 4.53. The number of nitrogens with zero attached hydrogens (tertiary/aromatic N) is 3. The van der Waals surface area contributed by atoms with Gasteiger partial charge in [0.05, 0.1) is 16.5 Å². The molecule has 10 heteroatoms. The van der Waals surface area contributed by atoms with E-state index in [0.717, 1.165) is 6.07 Å². The monoisotopic (exact) mass is 436 g/mol. The fourth-order valence-electron chi connectivity index (χ4n) is 3.73. The molecule has 0 amide bonds. The van der Waals surface area contributed by atoms with Gasteiger partial charge >= 0.3 is 6.18 Å². The van der Waals surface area contributed by atoms with E-state index in [-0.39, 0.29) is 23.7 Å². The summed E-state index contributed by atoms with van der Waals surface area (Å²) in [5.41, 5.74) is -1.25. The Kier molecular flexibility index (Phi) is 5.65. The molecule has 0 atom stereocenters. The number of hydrogen-bond acceptors (Lipinski definition) is 5. The molecular formula is C21H20F4N4O2. The summed E-state index contributed by atoms with van der Waals surface area (Å²) >= 11 is 0. The number of aromatic nitrogens is 3. The van der Waals surface area contributed by atoms with E-state index in [0.29, 0.717) is 54.7 Å². The van der Waals surface area contributed by atoms with Gasteiger partial charge in [-0.1, -0.05) is 12.1 Å². The van der Waals surface area contributed by atoms with Crippen molar-refractivity contribution in [3.8, 4) is 0 Å². The van der Waals surface area contributed by atoms with Crippen LogP contribution in [0, 0.1) is 12.7 Å². The van der Waals surface area contributed by atoms with Crippen molar-refractivity contribution in [3.05, 3.63) is 63.6 Å². The van der Waals surface area contributed by atoms with Crippen LogP contribution >= 0.6 is 0 Å². The Morgan fingerprint density at radius 1 is 1.23 bits per heavy atom. The first-order chi connectivity index (χ1) is 14.7. The van der Waals surface area contributed by atoms with Gasteiger partial charge in [0, 0.05) is 43.6 Å². The number of ether oxygens (including phenoxy) is 1. The fraction of sp³-hybridized carbons (Fsp3) is 0.381. The molecular weight excluding hydrogens is 416 g/mol. The van der Waals surface area contributed by atoms with Crippen molar-refractivity contribution in [2.75, 3.05) is 18.5 Å². The predicted octanol–water partition coefficient (Wildman–Crippen LogP) is 4.22. The lowest BCUT2D eigenvalue weighted by molar-refractivity contribution is -0.140. The second-order valence-electron chi connectivity index (χ2n) is 7.41. The van der Waals surface area contributed by atoms with E-state index in [1.807, 2.05) is 0 Å². The number of halogens is 4. The Hall–Kier alpha value is -3.01. The van der Waals surface area contributed by atoms with Gasteiger partial charge in [0.15, 0.2) is 0 Å². The highest BCUT2D eigenvalue weighted by Gasteiger charge is 2.34. The number of alkyl halides is 3. The molecule has 0 spiro atoms. The molecule has 1 aliphatic rings. The SMILES string of the molecule is Cc1nc(NCc2cccc(C(F)(F)F)c2F)c2cn(C3CCOCC3)c(=O)cc2n1. The van der Waals surface area contributed by atoms with Crippen molar-refractivity contribution < 1.29 is 22.3 Å². The highest BCUT2D eigenvalue weighted by Crippen LogP contribution is 2.32. The Balaban J connectivity index is 1.70. The summed E-state index contributed by atoms with van der Waals surface area (Å²) in [6.45, 7) is 2.54. The van der Waals surface area contributed by atoms with E-state index in [4.69, 9.17) is 4.74 Å². The quantitative estimate of drug-likeness (QED) is 0.621. The van der Waals surface area contributed by atoms with E-state index in [1.165, 1.54) is 12.1 Å². The maximum absolute atomic E-state index is 14.4. The van der Waals surface area contributed by atoms with E-state index in [1.54, 1.807) is 17.7 Å². The Morgan fingerprint density at radius 2 is 1.97 bits per heavy atom. The minimum absolute atomic E-state index is 0.0271. The van der Waals surface area contributed by atoms with Crippen LogP contribution in [0.1, 0.15) is 35.8 Å². The topological polar surface area (TPSA) is 69.0 Å². The lowest BCUT2D eigenvalue weighted by Crippen LogP contribution is -2.28. The maximum atomic E-state index is 14.4. The van der Waals surface area contributed by atoms with Gasteiger partial charge in [-0.15, -0.1) is 0 Å². The molecule has 164 valence electrons. The minimum Gasteiger partial charge on any atom is -0.381 e. The number of rotatable bonds is 4. The zero-order chi connectivity index (χ0) is 22.2. The molecule has 1 aliphatic heterocycles. The standard InChI is InChI=1S/C21H20F4N4O2/c1-12-27-17-9-18(30)29(14-5-7-31-8-6-14)11-15(17)20(28-12)26-10-13-3-2-4-16(19(13)22)21(23,24)25/h2-4,9,11,14H,5-8,10H2,1H3,(H,26,27,28). The molecule has 3 aromatic rings. The van der Waals surface area contributed by atoms with Crippen molar-refractivity contribution in [2.24, 2.45) is 0 Å². The van der Waals surface area contributed by atoms with Crippen molar-refractivity contribution in [1.82, 2.24) is 14.5 Å². The van der Waals surface area contributed by atoms with E-state index < -0.39 is 17.6 Å². The molecule has 1 saturated heterocycles. The number of aryl methyl sites for hydroxylation is 1. The van der Waals surface area contributed by atoms with Crippen LogP contribution in [0.5, 0.6) is 0 Å². The van der Waals surface area contributed by atoms with Crippen LogP contribution in [0.4, 0.5) is 23.4 Å². The molecule has 1 aromatic carbocycles. The Bertz CT molecular complexity index is 1170. The summed E-state index contributed by atoms with van der Waals surface area (Å²) in [4.78, 5) is 21.2. The van der Waals surface area contributed by atoms with E-state index in [9.17, 15) is 22.4 Å². The first kappa shape index (κ1) is 21.2. The first-order valence-corrected chi connectivity index (χ1v) is 9.81. The summed E-state index contributed by atoms with van der Waals surface area (Å²) in [6.07, 6.45) is -1.75. The van der Waals surface area contributed by atoms with Gasteiger partial charge in [-0.3, -0.25) is 4.79 Å². The second kappa shape index (κ2) is 8.26. The molecule has 0 radical (unpaired) electrons. The van der Waals surface area contributed by atoms with Crippen molar-refractivity contribution in [1.29, 1.82) is 0 Å². The average molecular weight is 436 g/mol. The molecule has 3 heterocycles. The van der Waals surface area contributed by atoms with Gasteiger partial charge in [-0.25, -0.2) is 14.4 Å². The smallest absolute Gasteiger partial charge is 0.381 e. The average Bonchev–Trinajstić information content (AvgIpc) is 2.72. The molecule has 0 saturated carbocycles. The highest BCUT2D eigenvalue weighted by molar-refractivity contribution is 5.88. The summed E-state index contributed by atoms with van der Waals surface area (Å²) in [5, 5.41) is 3.45. The molecule has 31 heavy (non-hydrogen) atoms. The van der Waals surface area contributed by atoms with E-state index in [2.05, 4.69) is 15.3 Å². The summed E-state index contributed by atoms with van der Waals surface area (Å²) in [7, 11) is 0. The number of nitrogens with one attached hydrogen (secondary N) is 1. The molecule has 0 aliphatic carbocycles. The molecule has 6 nitrogen and oxygen atoms in total. The van der Waals surface area contributed by atoms with Crippen LogP contribution in [0.15, 0.2) is 35.3 Å². The van der Waals surface area contributed by atoms with Gasteiger partial charge in [0.1, 0.15) is 17.5 Å². The van der Waals surface area contributed by atoms with Crippen molar-refractivity contribution >= 4 is 16.7 Å². The molecule has 1 N–H and O–H groups in total. The minimum atomic E-state index is -4.78. The third-order valence-electron chi connectivity index (χ3n) is 5.28. The number of pyridine rings is 1. The second-order valence-corrected chi connectivity index (χ2v) is 7.41. The van der Waals surface area contributed by atoms with Crippen molar-refractivity contribution in [3.63, 3.8) is 0 Å². The van der Waals surface area contributed by atoms with Crippen LogP contribution < -0.4 is 10.9 Å². The molecule has 2 aromatic heterocycles. The third kappa shape index (κ3) is 4.39. The maximum Gasteiger partial charge on any atom is 0.419 e. The first-order valence-electron chi connectivity index (χ1n) is 9.81. The zero-order valence-electron chi connectivity index (χ0n) is 16.7. The Labute approximate surface area is 174 Å². The summed E-state index contributed by atoms with van der Waals surface area (Å²) < 4.78 is 60.3. The van der Waals surface area contributed by atoms with E-state index >= 15 is 0 Å². The number of fused-ring (bicyclic) bond motifs is 1. The molecule has 4 rings (SSSR count). The Morgan fingerprint density at radius 3 is 2.68 bits per heavy atom. The number of benzene rings is 1. The summed E-state index contributed by atoms with van der Waals surface area (Å²) in [5.74, 6) is -0.625. The zero-order valence-corrected chi connectivity index (χ0v) is 16.7. The lowest BCUT2D eigenvalue weighted by Gasteiger charge is -2.24. The van der Waals surface area contributed by atoms with Crippen LogP contribution in [-0.4, -0.2) is 27.7 Å². The molecule has 0 bridgehead atoms. The number of anilines is 1. The number of hydrogen-bond donors (Lipinski definition) is 1.